The van der Waals surface area contributed by atoms with Gasteiger partial charge in [0, 0.05) is 48.5 Å². The van der Waals surface area contributed by atoms with Crippen LogP contribution in [0, 0.1) is 11.3 Å². The van der Waals surface area contributed by atoms with Gasteiger partial charge in [0.15, 0.2) is 5.76 Å². The van der Waals surface area contributed by atoms with Gasteiger partial charge in [-0.15, -0.1) is 0 Å². The summed E-state index contributed by atoms with van der Waals surface area (Å²) in [7, 11) is 0. The van der Waals surface area contributed by atoms with Crippen molar-refractivity contribution >= 4 is 17.4 Å². The summed E-state index contributed by atoms with van der Waals surface area (Å²) in [5, 5.41) is 14.4. The van der Waals surface area contributed by atoms with E-state index in [2.05, 4.69) is 26.0 Å². The summed E-state index contributed by atoms with van der Waals surface area (Å²) in [5.41, 5.74) is 2.56. The third-order valence-corrected chi connectivity index (χ3v) is 6.12. The Labute approximate surface area is 174 Å². The van der Waals surface area contributed by atoms with Gasteiger partial charge in [-0.25, -0.2) is 4.98 Å². The summed E-state index contributed by atoms with van der Waals surface area (Å²) >= 11 is 6.11. The molecule has 146 valence electrons. The number of rotatable bonds is 3. The molecule has 0 amide bonds. The van der Waals surface area contributed by atoms with E-state index < -0.39 is 0 Å². The van der Waals surface area contributed by atoms with Crippen molar-refractivity contribution in [1.82, 2.24) is 15.0 Å². The highest BCUT2D eigenvalue weighted by molar-refractivity contribution is 6.30. The van der Waals surface area contributed by atoms with Gasteiger partial charge >= 0.3 is 0 Å². The lowest BCUT2D eigenvalue weighted by atomic mass is 10.1. The molecule has 6 nitrogen and oxygen atoms in total. The van der Waals surface area contributed by atoms with Gasteiger partial charge in [0.25, 0.3) is 0 Å². The first-order valence-corrected chi connectivity index (χ1v) is 10.2. The molecule has 2 aromatic heterocycles. The third kappa shape index (κ3) is 3.37. The number of nitriles is 1. The van der Waals surface area contributed by atoms with Gasteiger partial charge in [-0.05, 0) is 37.1 Å². The maximum Gasteiger partial charge on any atom is 0.167 e. The first kappa shape index (κ1) is 18.2. The molecule has 0 spiro atoms. The van der Waals surface area contributed by atoms with Crippen molar-refractivity contribution in [1.29, 1.82) is 5.26 Å². The number of benzene rings is 1. The van der Waals surface area contributed by atoms with E-state index in [-0.39, 0.29) is 6.04 Å². The molecule has 4 heterocycles. The molecule has 0 saturated carbocycles. The summed E-state index contributed by atoms with van der Waals surface area (Å²) < 4.78 is 5.63. The summed E-state index contributed by atoms with van der Waals surface area (Å²) in [4.78, 5) is 9.21. The number of piperazine rings is 1. The highest BCUT2D eigenvalue weighted by Crippen LogP contribution is 2.39. The summed E-state index contributed by atoms with van der Waals surface area (Å²) in [5.74, 6) is 1.54. The quantitative estimate of drug-likeness (QED) is 0.647. The van der Waals surface area contributed by atoms with Gasteiger partial charge in [0.2, 0.25) is 0 Å². The minimum Gasteiger partial charge on any atom is -0.356 e. The largest absolute Gasteiger partial charge is 0.356 e. The minimum atomic E-state index is 0.262. The molecule has 5 rings (SSSR count). The monoisotopic (exact) mass is 405 g/mol. The molecule has 2 aliphatic rings. The fourth-order valence-corrected chi connectivity index (χ4v) is 4.71. The van der Waals surface area contributed by atoms with Gasteiger partial charge in [0.05, 0.1) is 11.6 Å². The van der Waals surface area contributed by atoms with Crippen LogP contribution in [0.4, 0.5) is 5.82 Å². The van der Waals surface area contributed by atoms with Gasteiger partial charge in [-0.3, -0.25) is 4.90 Å². The maximum atomic E-state index is 9.39. The molecule has 2 saturated heterocycles. The first-order chi connectivity index (χ1) is 14.2. The lowest BCUT2D eigenvalue weighted by Crippen LogP contribution is -2.51. The number of fused-ring (bicyclic) bond motifs is 1. The van der Waals surface area contributed by atoms with Crippen LogP contribution in [0.3, 0.4) is 0 Å². The lowest BCUT2D eigenvalue weighted by molar-refractivity contribution is 0.170. The van der Waals surface area contributed by atoms with E-state index in [0.717, 1.165) is 55.3 Å². The molecule has 0 radical (unpaired) electrons. The molecule has 1 unspecified atom stereocenters. The Morgan fingerprint density at radius 1 is 1.14 bits per heavy atom. The van der Waals surface area contributed by atoms with Crippen molar-refractivity contribution in [3.8, 4) is 17.4 Å². The molecule has 29 heavy (non-hydrogen) atoms. The molecule has 3 aromatic rings. The van der Waals surface area contributed by atoms with Crippen LogP contribution in [0.2, 0.25) is 5.02 Å². The second-order valence-corrected chi connectivity index (χ2v) is 7.98. The number of anilines is 1. The molecule has 2 atom stereocenters. The van der Waals surface area contributed by atoms with Crippen molar-refractivity contribution in [2.75, 3.05) is 24.5 Å². The zero-order valence-corrected chi connectivity index (χ0v) is 16.6. The smallest absolute Gasteiger partial charge is 0.167 e. The van der Waals surface area contributed by atoms with Gasteiger partial charge in [0.1, 0.15) is 17.6 Å². The molecule has 1 aromatic carbocycles. The normalized spacial score (nSPS) is 21.7. The van der Waals surface area contributed by atoms with Gasteiger partial charge < -0.3 is 9.42 Å². The zero-order chi connectivity index (χ0) is 19.8. The molecular weight excluding hydrogens is 386 g/mol. The number of nitrogens with zero attached hydrogens (tertiary/aromatic N) is 5. The van der Waals surface area contributed by atoms with Crippen LogP contribution in [-0.4, -0.2) is 40.7 Å². The molecule has 0 N–H and O–H groups in total. The number of aromatic nitrogens is 2. The predicted molar refractivity (Wildman–Crippen MR) is 111 cm³/mol. The fraction of sp³-hybridized carbons (Fsp3) is 0.318. The average Bonchev–Trinajstić information content (AvgIpc) is 3.40. The second-order valence-electron chi connectivity index (χ2n) is 7.54. The van der Waals surface area contributed by atoms with E-state index in [1.54, 1.807) is 6.20 Å². The van der Waals surface area contributed by atoms with Crippen LogP contribution < -0.4 is 4.90 Å². The molecule has 7 heteroatoms. The highest BCUT2D eigenvalue weighted by Gasteiger charge is 2.40. The SMILES string of the molecule is N#Cc1cccnc1N1CCN2C(c3cc(-c4cccc(Cl)c4)on3)CC[C@H]2C1. The Hall–Kier alpha value is -2.88. The van der Waals surface area contributed by atoms with E-state index in [9.17, 15) is 5.26 Å². The summed E-state index contributed by atoms with van der Waals surface area (Å²) in [6, 6.07) is 16.3. The lowest BCUT2D eigenvalue weighted by Gasteiger charge is -2.40. The number of hydrogen-bond donors (Lipinski definition) is 0. The van der Waals surface area contributed by atoms with Crippen LogP contribution >= 0.6 is 11.6 Å². The molecule has 2 fully saturated rings. The van der Waals surface area contributed by atoms with E-state index in [0.29, 0.717) is 16.6 Å². The van der Waals surface area contributed by atoms with Gasteiger partial charge in [-0.2, -0.15) is 5.26 Å². The summed E-state index contributed by atoms with van der Waals surface area (Å²) in [6.45, 7) is 2.63. The van der Waals surface area contributed by atoms with Crippen molar-refractivity contribution in [2.24, 2.45) is 0 Å². The Balaban J connectivity index is 1.33. The Bertz CT molecular complexity index is 1070. The first-order valence-electron chi connectivity index (χ1n) is 9.81. The van der Waals surface area contributed by atoms with Crippen molar-refractivity contribution < 1.29 is 4.52 Å². The summed E-state index contributed by atoms with van der Waals surface area (Å²) in [6.07, 6.45) is 3.90. The average molecular weight is 406 g/mol. The molecule has 0 bridgehead atoms. The van der Waals surface area contributed by atoms with Crippen molar-refractivity contribution in [2.45, 2.75) is 24.9 Å². The van der Waals surface area contributed by atoms with Crippen LogP contribution in [0.5, 0.6) is 0 Å². The van der Waals surface area contributed by atoms with Crippen LogP contribution in [0.25, 0.3) is 11.3 Å². The van der Waals surface area contributed by atoms with E-state index in [4.69, 9.17) is 16.1 Å². The Morgan fingerprint density at radius 2 is 2.07 bits per heavy atom. The minimum absolute atomic E-state index is 0.262. The molecular formula is C22H20ClN5O. The number of hydrogen-bond acceptors (Lipinski definition) is 6. The van der Waals surface area contributed by atoms with Crippen LogP contribution in [0.1, 0.15) is 30.1 Å². The third-order valence-electron chi connectivity index (χ3n) is 5.89. The van der Waals surface area contributed by atoms with Crippen LogP contribution in [-0.2, 0) is 0 Å². The van der Waals surface area contributed by atoms with Crippen molar-refractivity contribution in [3.05, 3.63) is 64.9 Å². The second kappa shape index (κ2) is 7.51. The molecule has 0 aliphatic carbocycles. The highest BCUT2D eigenvalue weighted by atomic mass is 35.5. The van der Waals surface area contributed by atoms with E-state index in [1.165, 1.54) is 0 Å². The number of pyridine rings is 1. The van der Waals surface area contributed by atoms with Crippen molar-refractivity contribution in [3.63, 3.8) is 0 Å². The maximum absolute atomic E-state index is 9.39. The van der Waals surface area contributed by atoms with E-state index >= 15 is 0 Å². The van der Waals surface area contributed by atoms with Gasteiger partial charge in [-0.1, -0.05) is 28.9 Å². The zero-order valence-electron chi connectivity index (χ0n) is 15.8. The topological polar surface area (TPSA) is 69.2 Å². The fourth-order valence-electron chi connectivity index (χ4n) is 4.52. The van der Waals surface area contributed by atoms with E-state index in [1.807, 2.05) is 42.5 Å². The van der Waals surface area contributed by atoms with Crippen LogP contribution in [0.15, 0.2) is 53.2 Å². The number of halogens is 1. The Kier molecular flexibility index (Phi) is 4.70. The molecule has 2 aliphatic heterocycles. The predicted octanol–water partition coefficient (Wildman–Crippen LogP) is 4.29. The standard InChI is InChI=1S/C22H20ClN5O/c23-17-5-1-3-15(11-17)21-12-19(26-29-21)20-7-6-18-14-27(9-10-28(18)20)22-16(13-24)4-2-8-25-22/h1-5,8,11-12,18,20H,6-7,9-10,14H2/t18-,20?/m0/s1. The Morgan fingerprint density at radius 3 is 2.93 bits per heavy atom.